The lowest BCUT2D eigenvalue weighted by atomic mass is 10.2. The molecular weight excluding hydrogens is 442 g/mol. The number of fused-ring (bicyclic) bond motifs is 1. The molecule has 34 heavy (non-hydrogen) atoms. The third-order valence-electron chi connectivity index (χ3n) is 6.54. The molecule has 3 aromatic rings. The number of aromatic nitrogens is 3. The first-order valence-electron chi connectivity index (χ1n) is 11.6. The van der Waals surface area contributed by atoms with Gasteiger partial charge in [-0.25, -0.2) is 13.8 Å². The molecule has 2 aliphatic rings. The van der Waals surface area contributed by atoms with Gasteiger partial charge in [-0.15, -0.1) is 0 Å². The van der Waals surface area contributed by atoms with Crippen LogP contribution in [0.5, 0.6) is 0 Å². The van der Waals surface area contributed by atoms with E-state index >= 15 is 4.39 Å². The summed E-state index contributed by atoms with van der Waals surface area (Å²) in [5.41, 5.74) is 1.39. The molecule has 0 radical (unpaired) electrons. The van der Waals surface area contributed by atoms with Crippen molar-refractivity contribution in [2.45, 2.75) is 31.7 Å². The van der Waals surface area contributed by atoms with E-state index in [-0.39, 0.29) is 28.9 Å². The second kappa shape index (κ2) is 9.17. The first-order chi connectivity index (χ1) is 16.4. The van der Waals surface area contributed by atoms with Gasteiger partial charge in [0.2, 0.25) is 5.95 Å². The van der Waals surface area contributed by atoms with Crippen LogP contribution in [-0.4, -0.2) is 65.7 Å². The van der Waals surface area contributed by atoms with Gasteiger partial charge in [-0.3, -0.25) is 4.79 Å². The average molecular weight is 471 g/mol. The number of halogens is 2. The highest BCUT2D eigenvalue weighted by atomic mass is 19.1. The fourth-order valence-corrected chi connectivity index (χ4v) is 4.81. The maximum absolute atomic E-state index is 15.4. The van der Waals surface area contributed by atoms with Crippen LogP contribution in [-0.2, 0) is 4.74 Å². The first kappa shape index (κ1) is 22.5. The molecule has 1 amide bonds. The normalized spacial score (nSPS) is 16.9. The zero-order valence-corrected chi connectivity index (χ0v) is 19.4. The molecule has 0 spiro atoms. The lowest BCUT2D eigenvalue weighted by Crippen LogP contribution is -2.36. The Labute approximate surface area is 196 Å². The van der Waals surface area contributed by atoms with E-state index in [0.717, 1.165) is 25.7 Å². The van der Waals surface area contributed by atoms with Gasteiger partial charge in [0.15, 0.2) is 5.82 Å². The number of rotatable bonds is 5. The van der Waals surface area contributed by atoms with Crippen LogP contribution in [0.4, 0.5) is 26.1 Å². The van der Waals surface area contributed by atoms with E-state index in [2.05, 4.69) is 15.3 Å². The minimum atomic E-state index is -0.604. The minimum absolute atomic E-state index is 0.00102. The molecule has 1 aliphatic heterocycles. The summed E-state index contributed by atoms with van der Waals surface area (Å²) in [5.74, 6) is -1.15. The van der Waals surface area contributed by atoms with E-state index < -0.39 is 11.7 Å². The van der Waals surface area contributed by atoms with Crippen molar-refractivity contribution < 1.29 is 18.3 Å². The number of anilines is 3. The number of carbonyl (C=O) groups excluding carboxylic acids is 1. The lowest BCUT2D eigenvalue weighted by Gasteiger charge is -2.29. The van der Waals surface area contributed by atoms with Crippen LogP contribution in [0.1, 0.15) is 42.2 Å². The smallest absolute Gasteiger partial charge is 0.273 e. The summed E-state index contributed by atoms with van der Waals surface area (Å²) in [6, 6.07) is 4.88. The molecule has 1 aliphatic carbocycles. The summed E-state index contributed by atoms with van der Waals surface area (Å²) in [5, 5.41) is 3.23. The molecule has 8 nitrogen and oxygen atoms in total. The maximum atomic E-state index is 15.4. The zero-order valence-electron chi connectivity index (χ0n) is 19.4. The quantitative estimate of drug-likeness (QED) is 0.605. The predicted octanol–water partition coefficient (Wildman–Crippen LogP) is 4.11. The van der Waals surface area contributed by atoms with Gasteiger partial charge in [-0.1, -0.05) is 12.8 Å². The Morgan fingerprint density at radius 3 is 2.59 bits per heavy atom. The highest BCUT2D eigenvalue weighted by Gasteiger charge is 2.31. The van der Waals surface area contributed by atoms with Crippen molar-refractivity contribution in [1.82, 2.24) is 19.4 Å². The molecule has 10 heteroatoms. The highest BCUT2D eigenvalue weighted by Crippen LogP contribution is 2.36. The third kappa shape index (κ3) is 4.06. The topological polar surface area (TPSA) is 75.5 Å². The van der Waals surface area contributed by atoms with Crippen LogP contribution in [0.25, 0.3) is 11.0 Å². The summed E-state index contributed by atoms with van der Waals surface area (Å²) in [6.45, 7) is 2.42. The summed E-state index contributed by atoms with van der Waals surface area (Å²) >= 11 is 0. The number of ether oxygens (including phenoxy) is 1. The number of hydrogen-bond acceptors (Lipinski definition) is 6. The lowest BCUT2D eigenvalue weighted by molar-refractivity contribution is 0.0810. The van der Waals surface area contributed by atoms with Crippen molar-refractivity contribution >= 4 is 34.3 Å². The van der Waals surface area contributed by atoms with Gasteiger partial charge in [0.25, 0.3) is 5.91 Å². The molecule has 2 fully saturated rings. The van der Waals surface area contributed by atoms with Gasteiger partial charge in [-0.2, -0.15) is 4.98 Å². The molecule has 1 saturated heterocycles. The van der Waals surface area contributed by atoms with Crippen molar-refractivity contribution in [3.05, 3.63) is 41.7 Å². The van der Waals surface area contributed by atoms with Crippen LogP contribution in [0.2, 0.25) is 0 Å². The molecule has 1 saturated carbocycles. The highest BCUT2D eigenvalue weighted by molar-refractivity contribution is 5.98. The molecule has 1 N–H and O–H groups in total. The number of amides is 1. The Morgan fingerprint density at radius 2 is 1.91 bits per heavy atom. The van der Waals surface area contributed by atoms with Crippen molar-refractivity contribution in [2.24, 2.45) is 0 Å². The molecule has 5 rings (SSSR count). The fraction of sp³-hybridized carbons (Fsp3) is 0.458. The number of nitrogens with zero attached hydrogens (tertiary/aromatic N) is 5. The largest absolute Gasteiger partial charge is 0.378 e. The Balaban J connectivity index is 1.49. The van der Waals surface area contributed by atoms with E-state index in [1.54, 1.807) is 30.8 Å². The fourth-order valence-electron chi connectivity index (χ4n) is 4.81. The van der Waals surface area contributed by atoms with E-state index in [4.69, 9.17) is 4.74 Å². The number of hydrogen-bond donors (Lipinski definition) is 1. The maximum Gasteiger partial charge on any atom is 0.273 e. The summed E-state index contributed by atoms with van der Waals surface area (Å²) in [6.07, 6.45) is 5.14. The van der Waals surface area contributed by atoms with E-state index in [0.29, 0.717) is 43.3 Å². The predicted molar refractivity (Wildman–Crippen MR) is 126 cm³/mol. The Hall–Kier alpha value is -3.27. The second-order valence-electron chi connectivity index (χ2n) is 8.99. The minimum Gasteiger partial charge on any atom is -0.378 e. The monoisotopic (exact) mass is 470 g/mol. The zero-order chi connectivity index (χ0) is 23.8. The Morgan fingerprint density at radius 1 is 1.18 bits per heavy atom. The Kier molecular flexibility index (Phi) is 6.07. The average Bonchev–Trinajstić information content (AvgIpc) is 3.45. The summed E-state index contributed by atoms with van der Waals surface area (Å²) in [4.78, 5) is 25.0. The van der Waals surface area contributed by atoms with Gasteiger partial charge >= 0.3 is 0 Å². The molecule has 0 unspecified atom stereocenters. The SMILES string of the molecule is CN(C)C(=O)c1c(F)c2cnc(Nc3ccc(N4CCOCC4)c(F)c3)nc2n1C1CCCC1. The van der Waals surface area contributed by atoms with Crippen LogP contribution in [0, 0.1) is 11.6 Å². The standard InChI is InChI=1S/C24H28F2N6O2/c1-30(2)23(33)21-20(26)17-14-27-24(29-22(17)32(21)16-5-3-4-6-16)28-15-7-8-19(18(25)13-15)31-9-11-34-12-10-31/h7-8,13-14,16H,3-6,9-12H2,1-2H3,(H,27,28,29). The van der Waals surface area contributed by atoms with Crippen LogP contribution in [0.15, 0.2) is 24.4 Å². The number of nitrogens with one attached hydrogen (secondary N) is 1. The molecule has 0 bridgehead atoms. The number of carbonyl (C=O) groups is 1. The van der Waals surface area contributed by atoms with E-state index in [1.165, 1.54) is 17.2 Å². The van der Waals surface area contributed by atoms with Crippen molar-refractivity contribution in [3.63, 3.8) is 0 Å². The summed E-state index contributed by atoms with van der Waals surface area (Å²) in [7, 11) is 3.21. The Bertz CT molecular complexity index is 1220. The van der Waals surface area contributed by atoms with Crippen molar-refractivity contribution in [2.75, 3.05) is 50.6 Å². The van der Waals surface area contributed by atoms with Crippen molar-refractivity contribution in [3.8, 4) is 0 Å². The second-order valence-corrected chi connectivity index (χ2v) is 8.99. The van der Waals surface area contributed by atoms with E-state index in [9.17, 15) is 9.18 Å². The van der Waals surface area contributed by atoms with Crippen LogP contribution in [0.3, 0.4) is 0 Å². The van der Waals surface area contributed by atoms with Crippen LogP contribution >= 0.6 is 0 Å². The third-order valence-corrected chi connectivity index (χ3v) is 6.54. The van der Waals surface area contributed by atoms with Crippen molar-refractivity contribution in [1.29, 1.82) is 0 Å². The molecule has 2 aromatic heterocycles. The van der Waals surface area contributed by atoms with Gasteiger partial charge in [0.05, 0.1) is 24.3 Å². The summed E-state index contributed by atoms with van der Waals surface area (Å²) < 4.78 is 37.2. The van der Waals surface area contributed by atoms with Gasteiger partial charge in [0, 0.05) is 45.1 Å². The molecule has 180 valence electrons. The van der Waals surface area contributed by atoms with Crippen LogP contribution < -0.4 is 10.2 Å². The van der Waals surface area contributed by atoms with E-state index in [1.807, 2.05) is 4.90 Å². The van der Waals surface area contributed by atoms with Gasteiger partial charge < -0.3 is 24.4 Å². The molecule has 1 aromatic carbocycles. The number of morpholine rings is 1. The van der Waals surface area contributed by atoms with Gasteiger partial charge in [0.1, 0.15) is 17.2 Å². The van der Waals surface area contributed by atoms with Gasteiger partial charge in [-0.05, 0) is 31.0 Å². The molecule has 3 heterocycles. The first-order valence-corrected chi connectivity index (χ1v) is 11.6. The molecular formula is C24H28F2N6O2. The molecule has 0 atom stereocenters. The number of benzene rings is 1.